The lowest BCUT2D eigenvalue weighted by Crippen LogP contribution is -2.57. The number of amides is 1. The summed E-state index contributed by atoms with van der Waals surface area (Å²) in [5.41, 5.74) is -2.96. The van der Waals surface area contributed by atoms with Crippen molar-refractivity contribution in [3.05, 3.63) is 53.6 Å². The van der Waals surface area contributed by atoms with Crippen LogP contribution < -0.4 is 10.0 Å². The van der Waals surface area contributed by atoms with E-state index < -0.39 is 44.0 Å². The first kappa shape index (κ1) is 32.1. The van der Waals surface area contributed by atoms with E-state index >= 15 is 4.39 Å². The van der Waals surface area contributed by atoms with Crippen molar-refractivity contribution in [3.8, 4) is 6.07 Å². The predicted octanol–water partition coefficient (Wildman–Crippen LogP) is 5.00. The number of ether oxygens (including phenoxy) is 1. The van der Waals surface area contributed by atoms with E-state index in [2.05, 4.69) is 5.32 Å². The van der Waals surface area contributed by atoms with Crippen molar-refractivity contribution in [1.29, 1.82) is 5.26 Å². The minimum absolute atomic E-state index is 0.174. The molecule has 0 aromatic heterocycles. The minimum atomic E-state index is -4.51. The van der Waals surface area contributed by atoms with E-state index in [1.54, 1.807) is 12.1 Å². The first-order valence-corrected chi connectivity index (χ1v) is 16.3. The Hall–Kier alpha value is -2.79. The normalized spacial score (nSPS) is 18.9. The van der Waals surface area contributed by atoms with Crippen molar-refractivity contribution in [3.63, 3.8) is 0 Å². The van der Waals surface area contributed by atoms with Crippen LogP contribution in [0.25, 0.3) is 0 Å². The highest BCUT2D eigenvalue weighted by Crippen LogP contribution is 2.33. The minimum Gasteiger partial charge on any atom is -0.378 e. The van der Waals surface area contributed by atoms with Gasteiger partial charge >= 0.3 is 0 Å². The third-order valence-electron chi connectivity index (χ3n) is 7.70. The van der Waals surface area contributed by atoms with Gasteiger partial charge in [0.15, 0.2) is 0 Å². The number of methoxy groups -OCH3 is 1. The van der Waals surface area contributed by atoms with E-state index in [1.807, 2.05) is 15.7 Å². The van der Waals surface area contributed by atoms with Gasteiger partial charge in [0.25, 0.3) is 15.9 Å². The lowest BCUT2D eigenvalue weighted by atomic mass is 9.84. The Bertz CT molecular complexity index is 1420. The molecular formula is C29H35F3N4O4S2. The topological polar surface area (TPSA) is 112 Å². The molecule has 2 fully saturated rings. The van der Waals surface area contributed by atoms with Gasteiger partial charge in [0, 0.05) is 43.4 Å². The molecule has 42 heavy (non-hydrogen) atoms. The molecular weight excluding hydrogens is 589 g/mol. The molecule has 228 valence electrons. The van der Waals surface area contributed by atoms with Crippen LogP contribution in [0.5, 0.6) is 0 Å². The highest BCUT2D eigenvalue weighted by Gasteiger charge is 2.42. The number of nitrogens with one attached hydrogen (secondary N) is 2. The first-order valence-electron chi connectivity index (χ1n) is 13.8. The maximum atomic E-state index is 15.5. The quantitative estimate of drug-likeness (QED) is 0.318. The van der Waals surface area contributed by atoms with Gasteiger partial charge < -0.3 is 10.1 Å². The van der Waals surface area contributed by atoms with Gasteiger partial charge in [-0.3, -0.25) is 9.69 Å². The molecule has 2 N–H and O–H groups in total. The maximum absolute atomic E-state index is 15.5. The van der Waals surface area contributed by atoms with Crippen LogP contribution in [0.3, 0.4) is 0 Å². The molecule has 0 unspecified atom stereocenters. The van der Waals surface area contributed by atoms with Gasteiger partial charge in [0.2, 0.25) is 0 Å². The average molecular weight is 625 g/mol. The van der Waals surface area contributed by atoms with Crippen LogP contribution in [0.4, 0.5) is 18.9 Å². The summed E-state index contributed by atoms with van der Waals surface area (Å²) in [6, 6.07) is 9.16. The summed E-state index contributed by atoms with van der Waals surface area (Å²) >= 11 is 1.40. The van der Waals surface area contributed by atoms with E-state index in [0.717, 1.165) is 23.4 Å². The monoisotopic (exact) mass is 624 g/mol. The zero-order valence-electron chi connectivity index (χ0n) is 23.6. The number of carbonyl (C=O) groups is 1. The molecule has 1 saturated carbocycles. The number of hydrogen-bond donors (Lipinski definition) is 2. The number of halogens is 3. The Kier molecular flexibility index (Phi) is 10.1. The number of benzene rings is 2. The average Bonchev–Trinajstić information content (AvgIpc) is 2.94. The highest BCUT2D eigenvalue weighted by molar-refractivity contribution is 7.99. The predicted molar refractivity (Wildman–Crippen MR) is 154 cm³/mol. The summed E-state index contributed by atoms with van der Waals surface area (Å²) in [4.78, 5) is 15.1. The maximum Gasteiger partial charge on any atom is 0.265 e. The second-order valence-electron chi connectivity index (χ2n) is 11.2. The van der Waals surface area contributed by atoms with Gasteiger partial charge in [0.1, 0.15) is 29.0 Å². The van der Waals surface area contributed by atoms with E-state index in [4.69, 9.17) is 4.74 Å². The number of likely N-dealkylation sites (tertiary alicyclic amines) is 1. The summed E-state index contributed by atoms with van der Waals surface area (Å²) in [6.07, 6.45) is 3.53. The van der Waals surface area contributed by atoms with Crippen LogP contribution in [0.2, 0.25) is 0 Å². The van der Waals surface area contributed by atoms with Crippen molar-refractivity contribution in [1.82, 2.24) is 9.62 Å². The number of alkyl halides is 1. The number of nitrogens with zero attached hydrogens (tertiary/aromatic N) is 2. The number of sulfonamides is 1. The molecule has 1 heterocycles. The molecule has 8 nitrogen and oxygen atoms in total. The number of anilines is 1. The smallest absolute Gasteiger partial charge is 0.265 e. The summed E-state index contributed by atoms with van der Waals surface area (Å²) in [5.74, 6) is -1.76. The molecule has 2 aromatic carbocycles. The van der Waals surface area contributed by atoms with Crippen LogP contribution in [0.15, 0.2) is 46.2 Å². The van der Waals surface area contributed by atoms with Crippen molar-refractivity contribution in [2.45, 2.75) is 72.6 Å². The van der Waals surface area contributed by atoms with Crippen LogP contribution in [-0.4, -0.2) is 69.0 Å². The van der Waals surface area contributed by atoms with Gasteiger partial charge in [-0.1, -0.05) is 19.3 Å². The molecule has 1 atom stereocenters. The summed E-state index contributed by atoms with van der Waals surface area (Å²) in [7, 11) is -3.16. The number of nitriles is 1. The zero-order chi connectivity index (χ0) is 30.5. The second kappa shape index (κ2) is 13.2. The van der Waals surface area contributed by atoms with Gasteiger partial charge in [-0.05, 0) is 62.6 Å². The largest absolute Gasteiger partial charge is 0.378 e. The van der Waals surface area contributed by atoms with Gasteiger partial charge in [-0.2, -0.15) is 5.26 Å². The molecule has 1 saturated heterocycles. The van der Waals surface area contributed by atoms with Crippen LogP contribution in [-0.2, 0) is 19.6 Å². The molecule has 0 spiro atoms. The molecule has 0 bridgehead atoms. The molecule has 1 amide bonds. The fourth-order valence-corrected chi connectivity index (χ4v) is 7.46. The SMILES string of the molecule is COC1(C(=O)NS(=O)(=O)c2cc(F)c(N[C@H](CCN3CC(C)(F)C3)CSc3ccc(F)cc3)c(C#N)c2)CCCCC1. The van der Waals surface area contributed by atoms with E-state index in [9.17, 15) is 27.3 Å². The van der Waals surface area contributed by atoms with Crippen LogP contribution in [0, 0.1) is 23.0 Å². The third-order valence-corrected chi connectivity index (χ3v) is 10.2. The zero-order valence-corrected chi connectivity index (χ0v) is 25.2. The summed E-state index contributed by atoms with van der Waals surface area (Å²) < 4.78 is 76.4. The Morgan fingerprint density at radius 2 is 1.83 bits per heavy atom. The molecule has 13 heteroatoms. The van der Waals surface area contributed by atoms with Gasteiger partial charge in [-0.15, -0.1) is 11.8 Å². The fraction of sp³-hybridized carbons (Fsp3) is 0.517. The molecule has 2 aliphatic rings. The van der Waals surface area contributed by atoms with Crippen molar-refractivity contribution >= 4 is 33.4 Å². The van der Waals surface area contributed by atoms with Crippen molar-refractivity contribution in [2.75, 3.05) is 37.8 Å². The highest BCUT2D eigenvalue weighted by atomic mass is 32.2. The van der Waals surface area contributed by atoms with E-state index in [1.165, 1.54) is 37.9 Å². The van der Waals surface area contributed by atoms with Gasteiger partial charge in [-0.25, -0.2) is 26.3 Å². The number of carbonyl (C=O) groups excluding carboxylic acids is 1. The lowest BCUT2D eigenvalue weighted by Gasteiger charge is -2.42. The molecule has 0 radical (unpaired) electrons. The molecule has 2 aromatic rings. The Balaban J connectivity index is 1.52. The fourth-order valence-electron chi connectivity index (χ4n) is 5.40. The Morgan fingerprint density at radius 1 is 1.17 bits per heavy atom. The van der Waals surface area contributed by atoms with E-state index in [-0.39, 0.29) is 30.2 Å². The lowest BCUT2D eigenvalue weighted by molar-refractivity contribution is -0.145. The molecule has 4 rings (SSSR count). The van der Waals surface area contributed by atoms with Crippen LogP contribution in [0.1, 0.15) is 51.0 Å². The Morgan fingerprint density at radius 3 is 2.43 bits per heavy atom. The molecule has 1 aliphatic carbocycles. The second-order valence-corrected chi connectivity index (χ2v) is 13.9. The standard InChI is InChI=1S/C29H35F3N4O4S2/c1-28(32)18-36(19-28)13-10-22(17-41-23-8-6-21(30)7-9-23)34-26-20(16-33)14-24(15-25(26)31)42(38,39)35-27(37)29(40-2)11-4-3-5-12-29/h6-9,14-15,22,34H,3-5,10-13,17-19H2,1-2H3,(H,35,37)/t22-/m1/s1. The van der Waals surface area contributed by atoms with Gasteiger partial charge in [0.05, 0.1) is 16.1 Å². The number of hydrogen-bond acceptors (Lipinski definition) is 8. The third kappa shape index (κ3) is 7.78. The van der Waals surface area contributed by atoms with E-state index in [0.29, 0.717) is 44.4 Å². The number of thioether (sulfide) groups is 1. The van der Waals surface area contributed by atoms with Crippen molar-refractivity contribution < 1.29 is 31.1 Å². The molecule has 1 aliphatic heterocycles. The first-order chi connectivity index (χ1) is 19.9. The van der Waals surface area contributed by atoms with Crippen molar-refractivity contribution in [2.24, 2.45) is 0 Å². The Labute approximate surface area is 249 Å². The summed E-state index contributed by atoms with van der Waals surface area (Å²) in [6.45, 7) is 2.61. The summed E-state index contributed by atoms with van der Waals surface area (Å²) in [5, 5.41) is 12.9. The number of rotatable bonds is 12. The van der Waals surface area contributed by atoms with Crippen LogP contribution >= 0.6 is 11.8 Å².